The van der Waals surface area contributed by atoms with Crippen molar-refractivity contribution in [1.29, 1.82) is 0 Å². The summed E-state index contributed by atoms with van der Waals surface area (Å²) in [6, 6.07) is 19.9. The van der Waals surface area contributed by atoms with E-state index in [0.717, 1.165) is 16.7 Å². The molecule has 0 bridgehead atoms. The van der Waals surface area contributed by atoms with Crippen LogP contribution in [0.2, 0.25) is 0 Å². The molecule has 8 amide bonds. The van der Waals surface area contributed by atoms with Crippen LogP contribution < -0.4 is 0 Å². The van der Waals surface area contributed by atoms with Crippen molar-refractivity contribution in [1.82, 2.24) is 39.2 Å². The molecule has 0 unspecified atom stereocenters. The highest BCUT2D eigenvalue weighted by atomic mass is 16.2. The van der Waals surface area contributed by atoms with Gasteiger partial charge >= 0.3 is 0 Å². The van der Waals surface area contributed by atoms with Gasteiger partial charge in [0.25, 0.3) is 0 Å². The lowest BCUT2D eigenvalue weighted by Crippen LogP contribution is -2.62. The minimum Gasteiger partial charge on any atom is -0.332 e. The summed E-state index contributed by atoms with van der Waals surface area (Å²) in [6.07, 6.45) is 3.26. The van der Waals surface area contributed by atoms with E-state index in [0.29, 0.717) is 44.9 Å². The molecule has 72 heavy (non-hydrogen) atoms. The van der Waals surface area contributed by atoms with Gasteiger partial charge in [-0.05, 0) is 74.5 Å². The average Bonchev–Trinajstić information content (AvgIpc) is 4.21. The third kappa shape index (κ3) is 11.4. The number of fused-ring (bicyclic) bond motifs is 3. The van der Waals surface area contributed by atoms with Gasteiger partial charge in [0.15, 0.2) is 0 Å². The zero-order valence-electron chi connectivity index (χ0n) is 43.4. The van der Waals surface area contributed by atoms with Gasteiger partial charge in [0.2, 0.25) is 47.3 Å². The van der Waals surface area contributed by atoms with E-state index in [-0.39, 0.29) is 50.7 Å². The zero-order valence-corrected chi connectivity index (χ0v) is 43.4. The Morgan fingerprint density at radius 2 is 0.681 bits per heavy atom. The van der Waals surface area contributed by atoms with E-state index in [1.165, 1.54) is 36.4 Å². The minimum absolute atomic E-state index is 0.0213. The number of amides is 8. The first-order valence-electron chi connectivity index (χ1n) is 25.8. The molecule has 7 rings (SSSR count). The number of hydrogen-bond donors (Lipinski definition) is 0. The molecule has 0 N–H and O–H groups in total. The standard InChI is InChI=1S/C56H74N8O8/c1-37(2)33-45-55(71)63-31-19-29-44(63)52(68)61(8)48(36-41-25-16-11-17-26-41)56(72)64-32-20-28-43(64)51(67)59(6)47(35-40-23-14-10-15-24-40)54(70)60(7)46(34-39-21-12-9-13-22-39)53(69)57(4)38(3)49(65)62-30-18-27-42(62)50(66)58(45)5/h9-17,21-26,37-38,42-48H,18-20,27-36H2,1-8H3/t38-,42-,43-,44-,45-,46-,47+,48+/m1/s1. The van der Waals surface area contributed by atoms with Gasteiger partial charge in [-0.25, -0.2) is 0 Å². The fourth-order valence-electron chi connectivity index (χ4n) is 11.2. The van der Waals surface area contributed by atoms with Crippen LogP contribution >= 0.6 is 0 Å². The Bertz CT molecular complexity index is 2440. The number of hydrogen-bond acceptors (Lipinski definition) is 8. The summed E-state index contributed by atoms with van der Waals surface area (Å²) >= 11 is 0. The molecule has 3 aromatic rings. The number of carbonyl (C=O) groups is 8. The molecule has 4 aliphatic heterocycles. The monoisotopic (exact) mass is 987 g/mol. The second kappa shape index (κ2) is 23.3. The Morgan fingerprint density at radius 1 is 0.389 bits per heavy atom. The lowest BCUT2D eigenvalue weighted by atomic mass is 9.98. The van der Waals surface area contributed by atoms with E-state index in [4.69, 9.17) is 0 Å². The summed E-state index contributed by atoms with van der Waals surface area (Å²) in [6.45, 7) is 6.33. The average molecular weight is 987 g/mol. The van der Waals surface area contributed by atoms with Crippen LogP contribution in [0.15, 0.2) is 91.0 Å². The Kier molecular flexibility index (Phi) is 17.2. The van der Waals surface area contributed by atoms with Gasteiger partial charge in [-0.15, -0.1) is 0 Å². The summed E-state index contributed by atoms with van der Waals surface area (Å²) in [5.74, 6) is -3.53. The second-order valence-corrected chi connectivity index (χ2v) is 20.8. The molecule has 0 aromatic heterocycles. The molecule has 0 saturated carbocycles. The Balaban J connectivity index is 1.33. The normalized spacial score (nSPS) is 27.0. The topological polar surface area (TPSA) is 162 Å². The maximum absolute atomic E-state index is 15.3. The first-order chi connectivity index (χ1) is 34.4. The molecule has 3 aromatic carbocycles. The SMILES string of the molecule is CC(C)C[C@@H]1C(=O)N2CCC[C@@H]2C(=O)N(C)[C@@H](Cc2ccccc2)C(=O)N2CCC[C@@H]2C(=O)N(C)[C@@H](Cc2ccccc2)C(=O)N(C)[C@H](Cc2ccccc2)C(=O)N(C)[C@H](C)C(=O)N2CCC[C@@H]2C(=O)N1C. The highest BCUT2D eigenvalue weighted by Crippen LogP contribution is 2.30. The molecule has 386 valence electrons. The van der Waals surface area contributed by atoms with E-state index < -0.39 is 89.7 Å². The summed E-state index contributed by atoms with van der Waals surface area (Å²) in [5.41, 5.74) is 2.35. The van der Waals surface area contributed by atoms with E-state index in [1.54, 1.807) is 44.9 Å². The molecule has 16 heteroatoms. The van der Waals surface area contributed by atoms with E-state index >= 15 is 19.2 Å². The van der Waals surface area contributed by atoms with E-state index in [2.05, 4.69) is 0 Å². The van der Waals surface area contributed by atoms with Gasteiger partial charge < -0.3 is 39.2 Å². The lowest BCUT2D eigenvalue weighted by Gasteiger charge is -2.40. The van der Waals surface area contributed by atoms with Crippen LogP contribution in [-0.2, 0) is 57.6 Å². The first kappa shape index (κ1) is 53.2. The van der Waals surface area contributed by atoms with Gasteiger partial charge in [0.05, 0.1) is 0 Å². The summed E-state index contributed by atoms with van der Waals surface area (Å²) in [7, 11) is 7.81. The molecular formula is C56H74N8O8. The van der Waals surface area contributed by atoms with Crippen molar-refractivity contribution < 1.29 is 38.4 Å². The summed E-state index contributed by atoms with van der Waals surface area (Å²) in [5, 5.41) is 0. The predicted octanol–water partition coefficient (Wildman–Crippen LogP) is 3.90. The maximum Gasteiger partial charge on any atom is 0.246 e. The van der Waals surface area contributed by atoms with Gasteiger partial charge in [0.1, 0.15) is 48.3 Å². The summed E-state index contributed by atoms with van der Waals surface area (Å²) in [4.78, 5) is 132. The maximum atomic E-state index is 15.3. The van der Waals surface area contributed by atoms with Crippen LogP contribution in [0.25, 0.3) is 0 Å². The molecular weight excluding hydrogens is 913 g/mol. The zero-order chi connectivity index (χ0) is 52.0. The fraction of sp³-hybridized carbons (Fsp3) is 0.536. The molecule has 4 saturated heterocycles. The van der Waals surface area contributed by atoms with Crippen LogP contribution in [0.4, 0.5) is 0 Å². The van der Waals surface area contributed by atoms with Crippen LogP contribution in [0.3, 0.4) is 0 Å². The van der Waals surface area contributed by atoms with Crippen molar-refractivity contribution in [3.8, 4) is 0 Å². The molecule has 8 atom stereocenters. The first-order valence-corrected chi connectivity index (χ1v) is 25.8. The van der Waals surface area contributed by atoms with E-state index in [9.17, 15) is 19.2 Å². The van der Waals surface area contributed by atoms with Gasteiger partial charge in [0, 0.05) is 74.1 Å². The Labute approximate surface area is 425 Å². The van der Waals surface area contributed by atoms with Crippen molar-refractivity contribution >= 4 is 47.3 Å². The molecule has 16 nitrogen and oxygen atoms in total. The molecule has 4 fully saturated rings. The number of benzene rings is 3. The molecule has 4 heterocycles. The molecule has 0 aliphatic carbocycles. The Hall–Kier alpha value is -6.58. The lowest BCUT2D eigenvalue weighted by molar-refractivity contribution is -0.157. The van der Waals surface area contributed by atoms with Gasteiger partial charge in [-0.2, -0.15) is 0 Å². The van der Waals surface area contributed by atoms with Crippen molar-refractivity contribution in [3.05, 3.63) is 108 Å². The van der Waals surface area contributed by atoms with Crippen molar-refractivity contribution in [3.63, 3.8) is 0 Å². The molecule has 0 radical (unpaired) electrons. The number of carbonyl (C=O) groups excluding carboxylic acids is 8. The number of likely N-dealkylation sites (N-methyl/N-ethyl adjacent to an activating group) is 5. The highest BCUT2D eigenvalue weighted by Gasteiger charge is 2.48. The van der Waals surface area contributed by atoms with E-state index in [1.807, 2.05) is 105 Å². The molecule has 4 aliphatic rings. The smallest absolute Gasteiger partial charge is 0.246 e. The van der Waals surface area contributed by atoms with Crippen molar-refractivity contribution in [2.24, 2.45) is 5.92 Å². The van der Waals surface area contributed by atoms with Crippen LogP contribution in [0.5, 0.6) is 0 Å². The number of rotatable bonds is 8. The second-order valence-electron chi connectivity index (χ2n) is 20.8. The summed E-state index contributed by atoms with van der Waals surface area (Å²) < 4.78 is 0. The predicted molar refractivity (Wildman–Crippen MR) is 273 cm³/mol. The van der Waals surface area contributed by atoms with Gasteiger partial charge in [-0.3, -0.25) is 38.4 Å². The molecule has 0 spiro atoms. The third-order valence-corrected chi connectivity index (χ3v) is 15.7. The minimum atomic E-state index is -1.12. The fourth-order valence-corrected chi connectivity index (χ4v) is 11.2. The van der Waals surface area contributed by atoms with Gasteiger partial charge in [-0.1, -0.05) is 105 Å². The van der Waals surface area contributed by atoms with Crippen LogP contribution in [-0.4, -0.2) is 190 Å². The Morgan fingerprint density at radius 3 is 1.04 bits per heavy atom. The van der Waals surface area contributed by atoms with Crippen molar-refractivity contribution in [2.45, 2.75) is 133 Å². The largest absolute Gasteiger partial charge is 0.332 e. The van der Waals surface area contributed by atoms with Crippen LogP contribution in [0.1, 0.15) is 82.4 Å². The van der Waals surface area contributed by atoms with Crippen molar-refractivity contribution in [2.75, 3.05) is 54.9 Å². The quantitative estimate of drug-likeness (QED) is 0.329. The third-order valence-electron chi connectivity index (χ3n) is 15.7. The highest BCUT2D eigenvalue weighted by molar-refractivity contribution is 5.99. The van der Waals surface area contributed by atoms with Crippen LogP contribution in [0, 0.1) is 5.92 Å². The number of nitrogens with zero attached hydrogens (tertiary/aromatic N) is 8.